The number of amides is 2. The Labute approximate surface area is 227 Å². The van der Waals surface area contributed by atoms with Crippen LogP contribution in [0.25, 0.3) is 11.1 Å². The van der Waals surface area contributed by atoms with E-state index in [0.29, 0.717) is 26.3 Å². The van der Waals surface area contributed by atoms with Gasteiger partial charge < -0.3 is 20.1 Å². The summed E-state index contributed by atoms with van der Waals surface area (Å²) >= 11 is 0. The highest BCUT2D eigenvalue weighted by Gasteiger charge is 2.10. The molecular formula is C32H42N2O4. The smallest absolute Gasteiger partial charge is 0.243 e. The first kappa shape index (κ1) is 30.4. The van der Waals surface area contributed by atoms with Crippen molar-refractivity contribution in [2.24, 2.45) is 0 Å². The molecule has 6 heteroatoms. The molecule has 0 saturated heterocycles. The van der Waals surface area contributed by atoms with Crippen LogP contribution in [0.1, 0.15) is 63.5 Å². The summed E-state index contributed by atoms with van der Waals surface area (Å²) in [5.74, 6) is 1.41. The zero-order chi connectivity index (χ0) is 27.6. The quantitative estimate of drug-likeness (QED) is 0.137. The zero-order valence-corrected chi connectivity index (χ0v) is 22.9. The molecule has 0 fully saturated rings. The van der Waals surface area contributed by atoms with E-state index in [-0.39, 0.29) is 11.8 Å². The van der Waals surface area contributed by atoms with Gasteiger partial charge >= 0.3 is 0 Å². The predicted octanol–water partition coefficient (Wildman–Crippen LogP) is 6.34. The molecule has 0 heterocycles. The van der Waals surface area contributed by atoms with Crippen molar-refractivity contribution in [2.45, 2.75) is 52.4 Å². The van der Waals surface area contributed by atoms with Crippen LogP contribution in [-0.4, -0.2) is 38.1 Å². The van der Waals surface area contributed by atoms with Gasteiger partial charge in [0.15, 0.2) is 0 Å². The van der Waals surface area contributed by atoms with Gasteiger partial charge in [-0.2, -0.15) is 0 Å². The van der Waals surface area contributed by atoms with Crippen LogP contribution in [0.5, 0.6) is 11.5 Å². The van der Waals surface area contributed by atoms with Crippen molar-refractivity contribution < 1.29 is 19.1 Å². The minimum Gasteiger partial charge on any atom is -0.494 e. The maximum absolute atomic E-state index is 11.2. The third-order valence-electron chi connectivity index (χ3n) is 6.13. The molecule has 0 bridgehead atoms. The second-order valence-electron chi connectivity index (χ2n) is 8.81. The number of hydrogen-bond donors (Lipinski definition) is 2. The Morgan fingerprint density at radius 1 is 0.658 bits per heavy atom. The fraction of sp³-hybridized carbons (Fsp3) is 0.375. The molecule has 38 heavy (non-hydrogen) atoms. The predicted molar refractivity (Wildman–Crippen MR) is 156 cm³/mol. The van der Waals surface area contributed by atoms with E-state index >= 15 is 0 Å². The van der Waals surface area contributed by atoms with Crippen molar-refractivity contribution in [1.29, 1.82) is 0 Å². The molecule has 2 amide bonds. The van der Waals surface area contributed by atoms with Crippen LogP contribution in [0, 0.1) is 0 Å². The fourth-order valence-corrected chi connectivity index (χ4v) is 4.09. The third kappa shape index (κ3) is 10.7. The summed E-state index contributed by atoms with van der Waals surface area (Å²) in [4.78, 5) is 22.3. The van der Waals surface area contributed by atoms with E-state index in [9.17, 15) is 9.59 Å². The minimum atomic E-state index is -0.142. The molecule has 2 aromatic carbocycles. The fourth-order valence-electron chi connectivity index (χ4n) is 4.09. The molecule has 2 rings (SSSR count). The van der Waals surface area contributed by atoms with E-state index in [1.165, 1.54) is 34.4 Å². The number of hydrogen-bond acceptors (Lipinski definition) is 4. The number of allylic oxidation sites excluding steroid dienone is 2. The maximum Gasteiger partial charge on any atom is 0.243 e. The monoisotopic (exact) mass is 518 g/mol. The van der Waals surface area contributed by atoms with Crippen LogP contribution in [0.15, 0.2) is 73.8 Å². The van der Waals surface area contributed by atoms with Gasteiger partial charge in [0.2, 0.25) is 11.8 Å². The van der Waals surface area contributed by atoms with Gasteiger partial charge in [-0.25, -0.2) is 0 Å². The van der Waals surface area contributed by atoms with Crippen LogP contribution in [-0.2, 0) is 9.59 Å². The Bertz CT molecular complexity index is 970. The lowest BCUT2D eigenvalue weighted by atomic mass is 9.91. The number of benzene rings is 2. The molecule has 0 saturated carbocycles. The number of ether oxygens (including phenoxy) is 2. The first-order chi connectivity index (χ1) is 18.5. The summed E-state index contributed by atoms with van der Waals surface area (Å²) < 4.78 is 11.8. The zero-order valence-electron chi connectivity index (χ0n) is 22.9. The standard InChI is InChI=1S/C32H42N2O4/c1-5-29(25-13-17-27(18-14-25)37-23-11-9-21-33-31(35)7-3)30(6-2)26-15-19-28(20-16-26)38-24-12-10-22-34-32(36)8-4/h7-8,13-20H,3-6,9-12,21-24H2,1-2H3,(H,33,35)(H,34,36). The Morgan fingerprint density at radius 3 is 1.34 bits per heavy atom. The molecule has 0 aromatic heterocycles. The summed E-state index contributed by atoms with van der Waals surface area (Å²) in [7, 11) is 0. The van der Waals surface area contributed by atoms with E-state index in [0.717, 1.165) is 50.0 Å². The molecule has 0 aliphatic rings. The van der Waals surface area contributed by atoms with Crippen molar-refractivity contribution in [3.05, 3.63) is 85.0 Å². The first-order valence-electron chi connectivity index (χ1n) is 13.5. The van der Waals surface area contributed by atoms with Crippen LogP contribution in [0.3, 0.4) is 0 Å². The third-order valence-corrected chi connectivity index (χ3v) is 6.13. The van der Waals surface area contributed by atoms with E-state index in [1.807, 2.05) is 24.3 Å². The summed E-state index contributed by atoms with van der Waals surface area (Å²) in [5.41, 5.74) is 5.06. The Morgan fingerprint density at radius 2 is 1.03 bits per heavy atom. The average molecular weight is 519 g/mol. The van der Waals surface area contributed by atoms with Gasteiger partial charge in [0.1, 0.15) is 11.5 Å². The molecule has 204 valence electrons. The largest absolute Gasteiger partial charge is 0.494 e. The van der Waals surface area contributed by atoms with Crippen molar-refractivity contribution >= 4 is 23.0 Å². The summed E-state index contributed by atoms with van der Waals surface area (Å²) in [5, 5.41) is 5.54. The number of unbranched alkanes of at least 4 members (excludes halogenated alkanes) is 2. The second-order valence-corrected chi connectivity index (χ2v) is 8.81. The number of nitrogens with one attached hydrogen (secondary N) is 2. The Balaban J connectivity index is 1.90. The molecule has 2 aromatic rings. The van der Waals surface area contributed by atoms with Gasteiger partial charge in [-0.05, 0) is 97.2 Å². The van der Waals surface area contributed by atoms with Gasteiger partial charge in [-0.15, -0.1) is 0 Å². The maximum atomic E-state index is 11.2. The van der Waals surface area contributed by atoms with E-state index < -0.39 is 0 Å². The van der Waals surface area contributed by atoms with E-state index in [2.05, 4.69) is 61.9 Å². The summed E-state index contributed by atoms with van der Waals surface area (Å²) in [6, 6.07) is 16.6. The lowest BCUT2D eigenvalue weighted by molar-refractivity contribution is -0.117. The summed E-state index contributed by atoms with van der Waals surface area (Å²) in [6.45, 7) is 13.7. The lowest BCUT2D eigenvalue weighted by Crippen LogP contribution is -2.22. The highest BCUT2D eigenvalue weighted by Crippen LogP contribution is 2.33. The van der Waals surface area contributed by atoms with Gasteiger partial charge in [0.05, 0.1) is 13.2 Å². The van der Waals surface area contributed by atoms with Crippen LogP contribution >= 0.6 is 0 Å². The summed E-state index contributed by atoms with van der Waals surface area (Å²) in [6.07, 6.45) is 7.89. The van der Waals surface area contributed by atoms with Crippen LogP contribution in [0.2, 0.25) is 0 Å². The van der Waals surface area contributed by atoms with E-state index in [4.69, 9.17) is 9.47 Å². The van der Waals surface area contributed by atoms with Crippen molar-refractivity contribution in [1.82, 2.24) is 10.6 Å². The molecule has 6 nitrogen and oxygen atoms in total. The Hall–Kier alpha value is -3.80. The first-order valence-corrected chi connectivity index (χ1v) is 13.5. The van der Waals surface area contributed by atoms with Gasteiger partial charge in [0, 0.05) is 13.1 Å². The normalized spacial score (nSPS) is 11.2. The number of rotatable bonds is 18. The number of carbonyl (C=O) groups is 2. The van der Waals surface area contributed by atoms with Crippen molar-refractivity contribution in [2.75, 3.05) is 26.3 Å². The highest BCUT2D eigenvalue weighted by molar-refractivity contribution is 5.91. The second kappa shape index (κ2) is 17.6. The van der Waals surface area contributed by atoms with E-state index in [1.54, 1.807) is 0 Å². The number of carbonyl (C=O) groups excluding carboxylic acids is 2. The molecular weight excluding hydrogens is 476 g/mol. The minimum absolute atomic E-state index is 0.142. The molecule has 0 aliphatic carbocycles. The average Bonchev–Trinajstić information content (AvgIpc) is 2.95. The van der Waals surface area contributed by atoms with Crippen molar-refractivity contribution in [3.8, 4) is 11.5 Å². The lowest BCUT2D eigenvalue weighted by Gasteiger charge is -2.15. The molecule has 0 atom stereocenters. The van der Waals surface area contributed by atoms with Gasteiger partial charge in [0.25, 0.3) is 0 Å². The van der Waals surface area contributed by atoms with Crippen LogP contribution in [0.4, 0.5) is 0 Å². The Kier molecular flexibility index (Phi) is 14.1. The molecule has 0 radical (unpaired) electrons. The highest BCUT2D eigenvalue weighted by atomic mass is 16.5. The molecule has 0 spiro atoms. The van der Waals surface area contributed by atoms with Crippen LogP contribution < -0.4 is 20.1 Å². The molecule has 0 aliphatic heterocycles. The molecule has 2 N–H and O–H groups in total. The van der Waals surface area contributed by atoms with Gasteiger partial charge in [-0.1, -0.05) is 51.3 Å². The SMILES string of the molecule is C=CC(=O)NCCCCOc1ccc(C(CC)=C(CC)c2ccc(OCCCCNC(=O)C=C)cc2)cc1. The topological polar surface area (TPSA) is 76.7 Å². The van der Waals surface area contributed by atoms with Gasteiger partial charge in [-0.3, -0.25) is 9.59 Å². The van der Waals surface area contributed by atoms with Crippen molar-refractivity contribution in [3.63, 3.8) is 0 Å². The molecule has 0 unspecified atom stereocenters.